The molecule has 0 saturated heterocycles. The third-order valence-corrected chi connectivity index (χ3v) is 2.32. The lowest BCUT2D eigenvalue weighted by molar-refractivity contribution is 0.393. The van der Waals surface area contributed by atoms with E-state index >= 15 is 0 Å². The zero-order valence-electron chi connectivity index (χ0n) is 10.5. The van der Waals surface area contributed by atoms with Crippen molar-refractivity contribution in [1.29, 1.82) is 0 Å². The molecule has 1 unspecified atom stereocenters. The first-order valence-electron chi connectivity index (χ1n) is 5.65. The normalized spacial score (nSPS) is 12.9. The average Bonchev–Trinajstić information content (AvgIpc) is 2.14. The molecule has 1 aromatic heterocycles. The molecule has 0 fully saturated rings. The minimum atomic E-state index is 0.152. The minimum Gasteiger partial charge on any atom is -0.481 e. The van der Waals surface area contributed by atoms with Gasteiger partial charge in [-0.15, -0.1) is 0 Å². The Morgan fingerprint density at radius 1 is 1.38 bits per heavy atom. The van der Waals surface area contributed by atoms with Gasteiger partial charge in [0, 0.05) is 24.2 Å². The molecule has 0 radical (unpaired) electrons. The van der Waals surface area contributed by atoms with Crippen LogP contribution < -0.4 is 10.5 Å². The van der Waals surface area contributed by atoms with Crippen molar-refractivity contribution in [3.8, 4) is 5.88 Å². The van der Waals surface area contributed by atoms with Crippen LogP contribution in [0.25, 0.3) is 0 Å². The standard InChI is InChI=1S/C12H21N3O/c1-8(2)5-10(13)6-11-7-12(16-4)15-9(3)14-11/h7-8,10H,5-6,13H2,1-4H3. The zero-order chi connectivity index (χ0) is 12.1. The van der Waals surface area contributed by atoms with E-state index in [1.54, 1.807) is 7.11 Å². The summed E-state index contributed by atoms with van der Waals surface area (Å²) in [5.41, 5.74) is 7.00. The second-order valence-corrected chi connectivity index (χ2v) is 4.54. The third kappa shape index (κ3) is 4.14. The number of nitrogens with zero attached hydrogens (tertiary/aromatic N) is 2. The van der Waals surface area contributed by atoms with Crippen LogP contribution in [0.5, 0.6) is 5.88 Å². The fourth-order valence-electron chi connectivity index (χ4n) is 1.77. The smallest absolute Gasteiger partial charge is 0.216 e. The Morgan fingerprint density at radius 3 is 2.62 bits per heavy atom. The second-order valence-electron chi connectivity index (χ2n) is 4.54. The Kier molecular flexibility index (Phi) is 4.68. The summed E-state index contributed by atoms with van der Waals surface area (Å²) in [7, 11) is 1.61. The van der Waals surface area contributed by atoms with E-state index in [0.717, 1.165) is 24.4 Å². The predicted molar refractivity (Wildman–Crippen MR) is 64.5 cm³/mol. The molecule has 1 rings (SSSR count). The number of ether oxygens (including phenoxy) is 1. The first-order valence-corrected chi connectivity index (χ1v) is 5.65. The second kappa shape index (κ2) is 5.80. The number of aryl methyl sites for hydroxylation is 1. The Hall–Kier alpha value is -1.16. The lowest BCUT2D eigenvalue weighted by Gasteiger charge is -2.14. The van der Waals surface area contributed by atoms with E-state index in [2.05, 4.69) is 23.8 Å². The van der Waals surface area contributed by atoms with E-state index in [4.69, 9.17) is 10.5 Å². The van der Waals surface area contributed by atoms with Crippen molar-refractivity contribution in [1.82, 2.24) is 9.97 Å². The Labute approximate surface area is 97.2 Å². The van der Waals surface area contributed by atoms with Crippen LogP contribution in [0.4, 0.5) is 0 Å². The summed E-state index contributed by atoms with van der Waals surface area (Å²) in [6.45, 7) is 6.21. The van der Waals surface area contributed by atoms with Crippen LogP contribution in [-0.2, 0) is 6.42 Å². The highest BCUT2D eigenvalue weighted by molar-refractivity contribution is 5.16. The molecular weight excluding hydrogens is 202 g/mol. The molecule has 0 spiro atoms. The predicted octanol–water partition coefficient (Wildman–Crippen LogP) is 1.71. The van der Waals surface area contributed by atoms with Crippen LogP contribution in [0.2, 0.25) is 0 Å². The highest BCUT2D eigenvalue weighted by Crippen LogP contribution is 2.12. The van der Waals surface area contributed by atoms with Crippen molar-refractivity contribution < 1.29 is 4.74 Å². The summed E-state index contributed by atoms with van der Waals surface area (Å²) >= 11 is 0. The fourth-order valence-corrected chi connectivity index (χ4v) is 1.77. The number of methoxy groups -OCH3 is 1. The van der Waals surface area contributed by atoms with Gasteiger partial charge in [-0.1, -0.05) is 13.8 Å². The summed E-state index contributed by atoms with van der Waals surface area (Å²) in [5.74, 6) is 1.95. The molecule has 4 heteroatoms. The SMILES string of the molecule is COc1cc(CC(N)CC(C)C)nc(C)n1. The van der Waals surface area contributed by atoms with Crippen LogP contribution in [0.15, 0.2) is 6.07 Å². The van der Waals surface area contributed by atoms with Crippen LogP contribution in [0, 0.1) is 12.8 Å². The number of rotatable bonds is 5. The topological polar surface area (TPSA) is 61.0 Å². The Morgan fingerprint density at radius 2 is 2.06 bits per heavy atom. The van der Waals surface area contributed by atoms with E-state index in [9.17, 15) is 0 Å². The Balaban J connectivity index is 2.69. The molecule has 0 aliphatic carbocycles. The van der Waals surface area contributed by atoms with Crippen molar-refractivity contribution in [3.63, 3.8) is 0 Å². The molecule has 0 amide bonds. The molecule has 1 heterocycles. The molecule has 2 N–H and O–H groups in total. The van der Waals surface area contributed by atoms with Gasteiger partial charge in [-0.2, -0.15) is 4.98 Å². The highest BCUT2D eigenvalue weighted by Gasteiger charge is 2.09. The molecule has 0 saturated carbocycles. The van der Waals surface area contributed by atoms with Crippen molar-refractivity contribution in [3.05, 3.63) is 17.6 Å². The van der Waals surface area contributed by atoms with E-state index in [1.807, 2.05) is 13.0 Å². The lowest BCUT2D eigenvalue weighted by Crippen LogP contribution is -2.25. The molecule has 16 heavy (non-hydrogen) atoms. The van der Waals surface area contributed by atoms with Crippen LogP contribution in [0.3, 0.4) is 0 Å². The number of nitrogens with two attached hydrogens (primary N) is 1. The zero-order valence-corrected chi connectivity index (χ0v) is 10.5. The van der Waals surface area contributed by atoms with Crippen LogP contribution >= 0.6 is 0 Å². The summed E-state index contributed by atoms with van der Waals surface area (Å²) in [6.07, 6.45) is 1.78. The van der Waals surface area contributed by atoms with Gasteiger partial charge in [0.15, 0.2) is 0 Å². The average molecular weight is 223 g/mol. The van der Waals surface area contributed by atoms with E-state index in [0.29, 0.717) is 11.8 Å². The molecule has 1 aromatic rings. The molecule has 0 aromatic carbocycles. The number of hydrogen-bond acceptors (Lipinski definition) is 4. The van der Waals surface area contributed by atoms with Crippen molar-refractivity contribution in [2.75, 3.05) is 7.11 Å². The molecule has 4 nitrogen and oxygen atoms in total. The maximum Gasteiger partial charge on any atom is 0.216 e. The first kappa shape index (κ1) is 12.9. The molecule has 90 valence electrons. The molecule has 0 aliphatic heterocycles. The van der Waals surface area contributed by atoms with Gasteiger partial charge in [0.25, 0.3) is 0 Å². The van der Waals surface area contributed by atoms with Gasteiger partial charge in [0.2, 0.25) is 5.88 Å². The summed E-state index contributed by atoms with van der Waals surface area (Å²) < 4.78 is 5.11. The van der Waals surface area contributed by atoms with Gasteiger partial charge in [-0.25, -0.2) is 4.98 Å². The maximum atomic E-state index is 6.05. The van der Waals surface area contributed by atoms with Gasteiger partial charge in [-0.05, 0) is 19.3 Å². The first-order chi connectivity index (χ1) is 7.51. The van der Waals surface area contributed by atoms with Gasteiger partial charge in [0.1, 0.15) is 5.82 Å². The summed E-state index contributed by atoms with van der Waals surface area (Å²) in [4.78, 5) is 8.50. The fraction of sp³-hybridized carbons (Fsp3) is 0.667. The van der Waals surface area contributed by atoms with Crippen molar-refractivity contribution in [2.45, 2.75) is 39.7 Å². The summed E-state index contributed by atoms with van der Waals surface area (Å²) in [6, 6.07) is 2.01. The lowest BCUT2D eigenvalue weighted by atomic mass is 10.0. The quantitative estimate of drug-likeness (QED) is 0.825. The van der Waals surface area contributed by atoms with E-state index < -0.39 is 0 Å². The van der Waals surface area contributed by atoms with E-state index in [1.165, 1.54) is 0 Å². The molecule has 0 bridgehead atoms. The Bertz CT molecular complexity index is 339. The molecule has 0 aliphatic rings. The minimum absolute atomic E-state index is 0.152. The molecule has 1 atom stereocenters. The molecular formula is C12H21N3O. The van der Waals surface area contributed by atoms with Crippen LogP contribution in [-0.4, -0.2) is 23.1 Å². The largest absolute Gasteiger partial charge is 0.481 e. The van der Waals surface area contributed by atoms with Gasteiger partial charge >= 0.3 is 0 Å². The van der Waals surface area contributed by atoms with Gasteiger partial charge < -0.3 is 10.5 Å². The number of hydrogen-bond donors (Lipinski definition) is 1. The van der Waals surface area contributed by atoms with E-state index in [-0.39, 0.29) is 6.04 Å². The van der Waals surface area contributed by atoms with Crippen molar-refractivity contribution in [2.24, 2.45) is 11.7 Å². The third-order valence-electron chi connectivity index (χ3n) is 2.32. The van der Waals surface area contributed by atoms with Crippen LogP contribution in [0.1, 0.15) is 31.8 Å². The van der Waals surface area contributed by atoms with Gasteiger partial charge in [-0.3, -0.25) is 0 Å². The summed E-state index contributed by atoms with van der Waals surface area (Å²) in [5, 5.41) is 0. The van der Waals surface area contributed by atoms with Gasteiger partial charge in [0.05, 0.1) is 7.11 Å². The van der Waals surface area contributed by atoms with Crippen molar-refractivity contribution >= 4 is 0 Å². The highest BCUT2D eigenvalue weighted by atomic mass is 16.5. The number of aromatic nitrogens is 2. The maximum absolute atomic E-state index is 6.05. The monoisotopic (exact) mass is 223 g/mol.